The Morgan fingerprint density at radius 3 is 2.48 bits per heavy atom. The maximum Gasteiger partial charge on any atom is 0.329 e. The highest BCUT2D eigenvalue weighted by atomic mass is 19.1. The predicted octanol–water partition coefficient (Wildman–Crippen LogP) is 4.81. The summed E-state index contributed by atoms with van der Waals surface area (Å²) in [6.07, 6.45) is 1.58. The van der Waals surface area contributed by atoms with E-state index in [4.69, 9.17) is 9.47 Å². The summed E-state index contributed by atoms with van der Waals surface area (Å²) in [6, 6.07) is 18.5. The number of halogens is 1. The van der Waals surface area contributed by atoms with Crippen LogP contribution in [-0.4, -0.2) is 23.9 Å². The van der Waals surface area contributed by atoms with Gasteiger partial charge in [-0.05, 0) is 54.0 Å². The standard InChI is InChI=1S/C26H23FN2O4/c1-17-4-3-5-20(12-17)16-33-23-11-8-19(14-24(23)32-2)13-22-25(30)29(26(31)28-22)15-18-6-9-21(27)10-7-18/h3-14H,15-16H2,1-2H3,(H,28,31)/b22-13+. The van der Waals surface area contributed by atoms with Gasteiger partial charge < -0.3 is 14.8 Å². The van der Waals surface area contributed by atoms with Crippen LogP contribution < -0.4 is 14.8 Å². The number of carbonyl (C=O) groups excluding carboxylic acids is 2. The number of hydrogen-bond acceptors (Lipinski definition) is 4. The van der Waals surface area contributed by atoms with Crippen LogP contribution in [0.15, 0.2) is 72.4 Å². The Kier molecular flexibility index (Phi) is 6.40. The largest absolute Gasteiger partial charge is 0.493 e. The zero-order valence-electron chi connectivity index (χ0n) is 18.3. The number of ether oxygens (including phenoxy) is 2. The molecule has 1 heterocycles. The summed E-state index contributed by atoms with van der Waals surface area (Å²) in [7, 11) is 1.54. The highest BCUT2D eigenvalue weighted by Crippen LogP contribution is 2.30. The summed E-state index contributed by atoms with van der Waals surface area (Å²) in [5.41, 5.74) is 3.67. The fourth-order valence-corrected chi connectivity index (χ4v) is 3.51. The van der Waals surface area contributed by atoms with Crippen molar-refractivity contribution in [1.29, 1.82) is 0 Å². The first-order valence-electron chi connectivity index (χ1n) is 10.4. The number of hydrogen-bond donors (Lipinski definition) is 1. The lowest BCUT2D eigenvalue weighted by Crippen LogP contribution is -2.30. The van der Waals surface area contributed by atoms with Gasteiger partial charge >= 0.3 is 6.03 Å². The molecule has 0 aromatic heterocycles. The van der Waals surface area contributed by atoms with Gasteiger partial charge in [0.05, 0.1) is 13.7 Å². The molecule has 3 amide bonds. The van der Waals surface area contributed by atoms with E-state index in [1.807, 2.05) is 25.1 Å². The molecule has 3 aromatic carbocycles. The van der Waals surface area contributed by atoms with E-state index in [-0.39, 0.29) is 18.1 Å². The molecule has 0 atom stereocenters. The first kappa shape index (κ1) is 22.1. The van der Waals surface area contributed by atoms with E-state index in [2.05, 4.69) is 11.4 Å². The van der Waals surface area contributed by atoms with Gasteiger partial charge in [-0.1, -0.05) is 48.0 Å². The number of urea groups is 1. The third-order valence-electron chi connectivity index (χ3n) is 5.19. The Hall–Kier alpha value is -4.13. The minimum atomic E-state index is -0.527. The minimum Gasteiger partial charge on any atom is -0.493 e. The van der Waals surface area contributed by atoms with Gasteiger partial charge in [0, 0.05) is 0 Å². The van der Waals surface area contributed by atoms with E-state index in [0.29, 0.717) is 29.2 Å². The van der Waals surface area contributed by atoms with Gasteiger partial charge in [0.15, 0.2) is 11.5 Å². The van der Waals surface area contributed by atoms with Crippen LogP contribution in [-0.2, 0) is 17.9 Å². The van der Waals surface area contributed by atoms with Crippen molar-refractivity contribution in [3.63, 3.8) is 0 Å². The Morgan fingerprint density at radius 2 is 1.76 bits per heavy atom. The van der Waals surface area contributed by atoms with Crippen LogP contribution in [0.4, 0.5) is 9.18 Å². The molecule has 0 aliphatic carbocycles. The van der Waals surface area contributed by atoms with Gasteiger partial charge in [-0.3, -0.25) is 9.69 Å². The van der Waals surface area contributed by atoms with Gasteiger partial charge in [0.25, 0.3) is 5.91 Å². The topological polar surface area (TPSA) is 67.9 Å². The summed E-state index contributed by atoms with van der Waals surface area (Å²) in [6.45, 7) is 2.47. The maximum absolute atomic E-state index is 13.1. The Morgan fingerprint density at radius 1 is 0.970 bits per heavy atom. The zero-order valence-corrected chi connectivity index (χ0v) is 18.3. The molecule has 0 unspecified atom stereocenters. The number of rotatable bonds is 7. The SMILES string of the molecule is COc1cc(/C=C2/NC(=O)N(Cc3ccc(F)cc3)C2=O)ccc1OCc1cccc(C)c1. The summed E-state index contributed by atoms with van der Waals surface area (Å²) < 4.78 is 24.5. The molecule has 0 spiro atoms. The molecule has 1 saturated heterocycles. The lowest BCUT2D eigenvalue weighted by Gasteiger charge is -2.12. The van der Waals surface area contributed by atoms with Crippen LogP contribution in [0.2, 0.25) is 0 Å². The predicted molar refractivity (Wildman–Crippen MR) is 122 cm³/mol. The molecule has 3 aromatic rings. The Labute approximate surface area is 191 Å². The van der Waals surface area contributed by atoms with Crippen LogP contribution in [0, 0.1) is 12.7 Å². The van der Waals surface area contributed by atoms with Gasteiger partial charge in [-0.15, -0.1) is 0 Å². The summed E-state index contributed by atoms with van der Waals surface area (Å²) in [5.74, 6) is 0.248. The van der Waals surface area contributed by atoms with Crippen molar-refractivity contribution in [3.05, 3.63) is 100 Å². The number of nitrogens with zero attached hydrogens (tertiary/aromatic N) is 1. The fourth-order valence-electron chi connectivity index (χ4n) is 3.51. The van der Waals surface area contributed by atoms with Crippen molar-refractivity contribution in [1.82, 2.24) is 10.2 Å². The first-order chi connectivity index (χ1) is 15.9. The van der Waals surface area contributed by atoms with Crippen molar-refractivity contribution in [3.8, 4) is 11.5 Å². The number of amides is 3. The van der Waals surface area contributed by atoms with E-state index < -0.39 is 11.9 Å². The Balaban J connectivity index is 1.48. The van der Waals surface area contributed by atoms with Crippen molar-refractivity contribution < 1.29 is 23.5 Å². The first-order valence-corrected chi connectivity index (χ1v) is 10.4. The van der Waals surface area contributed by atoms with Crippen LogP contribution >= 0.6 is 0 Å². The third-order valence-corrected chi connectivity index (χ3v) is 5.19. The molecule has 1 N–H and O–H groups in total. The van der Waals surface area contributed by atoms with E-state index in [0.717, 1.165) is 16.0 Å². The molecular formula is C26H23FN2O4. The van der Waals surface area contributed by atoms with Crippen molar-refractivity contribution >= 4 is 18.0 Å². The van der Waals surface area contributed by atoms with Gasteiger partial charge in [0.2, 0.25) is 0 Å². The maximum atomic E-state index is 13.1. The minimum absolute atomic E-state index is 0.0529. The molecular weight excluding hydrogens is 423 g/mol. The average Bonchev–Trinajstić information content (AvgIpc) is 3.06. The average molecular weight is 446 g/mol. The molecule has 1 fully saturated rings. The molecule has 7 heteroatoms. The van der Waals surface area contributed by atoms with Gasteiger partial charge in [-0.25, -0.2) is 9.18 Å². The van der Waals surface area contributed by atoms with Crippen LogP contribution in [0.25, 0.3) is 6.08 Å². The second kappa shape index (κ2) is 9.56. The molecule has 1 aliphatic rings. The van der Waals surface area contributed by atoms with Gasteiger partial charge in [0.1, 0.15) is 18.1 Å². The van der Waals surface area contributed by atoms with Crippen LogP contribution in [0.1, 0.15) is 22.3 Å². The van der Waals surface area contributed by atoms with E-state index in [9.17, 15) is 14.0 Å². The van der Waals surface area contributed by atoms with E-state index in [1.165, 1.54) is 24.3 Å². The number of aryl methyl sites for hydroxylation is 1. The quantitative estimate of drug-likeness (QED) is 0.418. The lowest BCUT2D eigenvalue weighted by molar-refractivity contribution is -0.123. The summed E-state index contributed by atoms with van der Waals surface area (Å²) >= 11 is 0. The number of methoxy groups -OCH3 is 1. The summed E-state index contributed by atoms with van der Waals surface area (Å²) in [5, 5.41) is 2.59. The van der Waals surface area contributed by atoms with Crippen LogP contribution in [0.3, 0.4) is 0 Å². The number of benzene rings is 3. The zero-order chi connectivity index (χ0) is 23.4. The number of imide groups is 1. The van der Waals surface area contributed by atoms with Gasteiger partial charge in [-0.2, -0.15) is 0 Å². The van der Waals surface area contributed by atoms with Crippen molar-refractivity contribution in [2.75, 3.05) is 7.11 Å². The monoisotopic (exact) mass is 446 g/mol. The molecule has 0 saturated carbocycles. The second-order valence-corrected chi connectivity index (χ2v) is 7.69. The molecule has 33 heavy (non-hydrogen) atoms. The molecule has 4 rings (SSSR count). The molecule has 0 radical (unpaired) electrons. The molecule has 6 nitrogen and oxygen atoms in total. The molecule has 168 valence electrons. The summed E-state index contributed by atoms with van der Waals surface area (Å²) in [4.78, 5) is 26.1. The highest BCUT2D eigenvalue weighted by Gasteiger charge is 2.33. The number of nitrogens with one attached hydrogen (secondary N) is 1. The normalized spacial score (nSPS) is 14.5. The molecule has 0 bridgehead atoms. The van der Waals surface area contributed by atoms with Crippen LogP contribution in [0.5, 0.6) is 11.5 Å². The third kappa shape index (κ3) is 5.20. The molecule has 1 aliphatic heterocycles. The van der Waals surface area contributed by atoms with E-state index in [1.54, 1.807) is 31.4 Å². The smallest absolute Gasteiger partial charge is 0.329 e. The van der Waals surface area contributed by atoms with Crippen molar-refractivity contribution in [2.45, 2.75) is 20.1 Å². The fraction of sp³-hybridized carbons (Fsp3) is 0.154. The van der Waals surface area contributed by atoms with Crippen molar-refractivity contribution in [2.24, 2.45) is 0 Å². The lowest BCUT2D eigenvalue weighted by atomic mass is 10.1. The van der Waals surface area contributed by atoms with E-state index >= 15 is 0 Å². The Bertz CT molecular complexity index is 1220. The second-order valence-electron chi connectivity index (χ2n) is 7.69. The number of carbonyl (C=O) groups is 2. The highest BCUT2D eigenvalue weighted by molar-refractivity contribution is 6.13.